The highest BCUT2D eigenvalue weighted by molar-refractivity contribution is 7.92. The fourth-order valence-corrected chi connectivity index (χ4v) is 4.79. The number of para-hydroxylation sites is 1. The van der Waals surface area contributed by atoms with Crippen LogP contribution in [0.25, 0.3) is 0 Å². The molecule has 0 bridgehead atoms. The van der Waals surface area contributed by atoms with Crippen LogP contribution in [0.15, 0.2) is 77.7 Å². The topological polar surface area (TPSA) is 92.8 Å². The molecular formula is C24H23ClN2O5S. The fraction of sp³-hybridized carbons (Fsp3) is 0.167. The van der Waals surface area contributed by atoms with Gasteiger partial charge in [-0.05, 0) is 56.3 Å². The van der Waals surface area contributed by atoms with Crippen LogP contribution in [0.5, 0.6) is 0 Å². The third-order valence-corrected chi connectivity index (χ3v) is 6.77. The quantitative estimate of drug-likeness (QED) is 0.467. The number of halogens is 1. The number of carbonyl (C=O) groups is 2. The maximum Gasteiger partial charge on any atom is 0.338 e. The van der Waals surface area contributed by atoms with E-state index in [0.29, 0.717) is 5.69 Å². The van der Waals surface area contributed by atoms with Crippen molar-refractivity contribution in [2.45, 2.75) is 18.7 Å². The average Bonchev–Trinajstić information content (AvgIpc) is 2.78. The summed E-state index contributed by atoms with van der Waals surface area (Å²) in [4.78, 5) is 24.9. The molecule has 0 radical (unpaired) electrons. The van der Waals surface area contributed by atoms with Gasteiger partial charge in [-0.2, -0.15) is 0 Å². The van der Waals surface area contributed by atoms with E-state index in [0.717, 1.165) is 9.87 Å². The second-order valence-electron chi connectivity index (χ2n) is 7.13. The zero-order valence-electron chi connectivity index (χ0n) is 18.1. The van der Waals surface area contributed by atoms with Crippen LogP contribution in [0.3, 0.4) is 0 Å². The molecule has 172 valence electrons. The standard InChI is InChI=1S/C24H23ClN2O5S/c1-3-32-24(29)18-7-6-8-19(15-18)26-23(28)16-27(22-10-5-4-9-21(22)25)33(30,31)20-13-11-17(2)12-14-20/h4-15H,3,16H2,1-2H3,(H,26,28). The molecule has 3 aromatic carbocycles. The summed E-state index contributed by atoms with van der Waals surface area (Å²) in [7, 11) is -4.10. The molecule has 33 heavy (non-hydrogen) atoms. The van der Waals surface area contributed by atoms with Crippen LogP contribution in [0, 0.1) is 6.92 Å². The van der Waals surface area contributed by atoms with Gasteiger partial charge in [-0.3, -0.25) is 9.10 Å². The number of nitrogens with zero attached hydrogens (tertiary/aromatic N) is 1. The molecule has 9 heteroatoms. The Labute approximate surface area is 198 Å². The highest BCUT2D eigenvalue weighted by Crippen LogP contribution is 2.30. The van der Waals surface area contributed by atoms with E-state index in [1.165, 1.54) is 24.3 Å². The Bertz CT molecular complexity index is 1260. The number of hydrogen-bond donors (Lipinski definition) is 1. The zero-order valence-corrected chi connectivity index (χ0v) is 19.7. The number of anilines is 2. The van der Waals surface area contributed by atoms with E-state index >= 15 is 0 Å². The number of aryl methyl sites for hydroxylation is 1. The van der Waals surface area contributed by atoms with E-state index in [-0.39, 0.29) is 27.8 Å². The van der Waals surface area contributed by atoms with Crippen LogP contribution >= 0.6 is 11.6 Å². The number of carbonyl (C=O) groups excluding carboxylic acids is 2. The molecule has 7 nitrogen and oxygen atoms in total. The van der Waals surface area contributed by atoms with E-state index < -0.39 is 28.4 Å². The van der Waals surface area contributed by atoms with Crippen LogP contribution < -0.4 is 9.62 Å². The first-order chi connectivity index (χ1) is 15.7. The highest BCUT2D eigenvalue weighted by atomic mass is 35.5. The van der Waals surface area contributed by atoms with Crippen LogP contribution in [0.2, 0.25) is 5.02 Å². The molecule has 0 spiro atoms. The lowest BCUT2D eigenvalue weighted by atomic mass is 10.2. The van der Waals surface area contributed by atoms with Gasteiger partial charge in [0.2, 0.25) is 5.91 Å². The lowest BCUT2D eigenvalue weighted by Crippen LogP contribution is -2.38. The normalized spacial score (nSPS) is 11.0. The molecular weight excluding hydrogens is 464 g/mol. The Morgan fingerprint density at radius 3 is 2.36 bits per heavy atom. The van der Waals surface area contributed by atoms with Crippen LogP contribution in [0.4, 0.5) is 11.4 Å². The lowest BCUT2D eigenvalue weighted by Gasteiger charge is -2.25. The molecule has 0 aliphatic rings. The number of nitrogens with one attached hydrogen (secondary N) is 1. The van der Waals surface area contributed by atoms with Gasteiger partial charge >= 0.3 is 5.97 Å². The molecule has 0 unspecified atom stereocenters. The maximum atomic E-state index is 13.4. The van der Waals surface area contributed by atoms with Gasteiger partial charge in [-0.25, -0.2) is 13.2 Å². The number of amides is 1. The summed E-state index contributed by atoms with van der Waals surface area (Å²) in [6.07, 6.45) is 0. The Kier molecular flexibility index (Phi) is 7.73. The van der Waals surface area contributed by atoms with Gasteiger partial charge in [0.1, 0.15) is 6.54 Å². The summed E-state index contributed by atoms with van der Waals surface area (Å²) in [5.74, 6) is -1.13. The number of sulfonamides is 1. The Morgan fingerprint density at radius 1 is 1.00 bits per heavy atom. The summed E-state index contributed by atoms with van der Waals surface area (Å²) >= 11 is 6.28. The number of esters is 1. The van der Waals surface area contributed by atoms with Crippen LogP contribution in [0.1, 0.15) is 22.8 Å². The van der Waals surface area contributed by atoms with Gasteiger partial charge in [-0.1, -0.05) is 47.5 Å². The van der Waals surface area contributed by atoms with Gasteiger partial charge in [0.25, 0.3) is 10.0 Å². The van der Waals surface area contributed by atoms with Crippen LogP contribution in [-0.4, -0.2) is 33.4 Å². The molecule has 0 aromatic heterocycles. The van der Waals surface area contributed by atoms with Crippen molar-refractivity contribution >= 4 is 44.9 Å². The second-order valence-corrected chi connectivity index (χ2v) is 9.40. The first-order valence-corrected chi connectivity index (χ1v) is 11.9. The van der Waals surface area contributed by atoms with E-state index in [1.54, 1.807) is 55.5 Å². The molecule has 0 aliphatic carbocycles. The maximum absolute atomic E-state index is 13.4. The van der Waals surface area contributed by atoms with Gasteiger partial charge in [0.15, 0.2) is 0 Å². The van der Waals surface area contributed by atoms with Crippen molar-refractivity contribution < 1.29 is 22.7 Å². The molecule has 0 saturated heterocycles. The Balaban J connectivity index is 1.91. The van der Waals surface area contributed by atoms with Crippen LogP contribution in [-0.2, 0) is 19.6 Å². The minimum atomic E-state index is -4.10. The SMILES string of the molecule is CCOC(=O)c1cccc(NC(=O)CN(c2ccccc2Cl)S(=O)(=O)c2ccc(C)cc2)c1. The van der Waals surface area contributed by atoms with Crippen molar-refractivity contribution in [3.8, 4) is 0 Å². The molecule has 3 aromatic rings. The monoisotopic (exact) mass is 486 g/mol. The number of rotatable bonds is 8. The summed E-state index contributed by atoms with van der Waals surface area (Å²) < 4.78 is 32.8. The third-order valence-electron chi connectivity index (χ3n) is 4.67. The fourth-order valence-electron chi connectivity index (χ4n) is 3.06. The number of ether oxygens (including phenoxy) is 1. The van der Waals surface area contributed by atoms with Crippen molar-refractivity contribution in [1.29, 1.82) is 0 Å². The Morgan fingerprint density at radius 2 is 1.70 bits per heavy atom. The highest BCUT2D eigenvalue weighted by Gasteiger charge is 2.28. The van der Waals surface area contributed by atoms with Crippen molar-refractivity contribution in [2.24, 2.45) is 0 Å². The van der Waals surface area contributed by atoms with E-state index in [2.05, 4.69) is 5.32 Å². The van der Waals surface area contributed by atoms with Gasteiger partial charge < -0.3 is 10.1 Å². The molecule has 0 saturated carbocycles. The second kappa shape index (κ2) is 10.5. The molecule has 0 heterocycles. The first-order valence-electron chi connectivity index (χ1n) is 10.1. The third kappa shape index (κ3) is 5.91. The average molecular weight is 487 g/mol. The molecule has 0 aliphatic heterocycles. The summed E-state index contributed by atoms with van der Waals surface area (Å²) in [6, 6.07) is 18.9. The lowest BCUT2D eigenvalue weighted by molar-refractivity contribution is -0.114. The molecule has 1 N–H and O–H groups in total. The van der Waals surface area contributed by atoms with Crippen molar-refractivity contribution in [2.75, 3.05) is 22.8 Å². The van der Waals surface area contributed by atoms with Crippen molar-refractivity contribution in [3.05, 3.63) is 88.9 Å². The van der Waals surface area contributed by atoms with Crippen molar-refractivity contribution in [3.63, 3.8) is 0 Å². The molecule has 3 rings (SSSR count). The first kappa shape index (κ1) is 24.3. The minimum Gasteiger partial charge on any atom is -0.462 e. The summed E-state index contributed by atoms with van der Waals surface area (Å²) in [5.41, 5.74) is 1.68. The smallest absolute Gasteiger partial charge is 0.338 e. The molecule has 1 amide bonds. The van der Waals surface area contributed by atoms with Gasteiger partial charge in [0, 0.05) is 5.69 Å². The minimum absolute atomic E-state index is 0.0325. The van der Waals surface area contributed by atoms with Gasteiger partial charge in [-0.15, -0.1) is 0 Å². The predicted octanol–water partition coefficient (Wildman–Crippen LogP) is 4.66. The molecule has 0 atom stereocenters. The van der Waals surface area contributed by atoms with Gasteiger partial charge in [0.05, 0.1) is 27.8 Å². The predicted molar refractivity (Wildman–Crippen MR) is 128 cm³/mol. The van der Waals surface area contributed by atoms with E-state index in [1.807, 2.05) is 6.92 Å². The largest absolute Gasteiger partial charge is 0.462 e. The van der Waals surface area contributed by atoms with E-state index in [4.69, 9.17) is 16.3 Å². The number of benzene rings is 3. The summed E-state index contributed by atoms with van der Waals surface area (Å²) in [6.45, 7) is 3.24. The van der Waals surface area contributed by atoms with E-state index in [9.17, 15) is 18.0 Å². The van der Waals surface area contributed by atoms with Crippen molar-refractivity contribution in [1.82, 2.24) is 0 Å². The molecule has 0 fully saturated rings. The number of hydrogen-bond acceptors (Lipinski definition) is 5. The Hall–Kier alpha value is -3.36. The zero-order chi connectivity index (χ0) is 24.0. The summed E-state index contributed by atoms with van der Waals surface area (Å²) in [5, 5.41) is 2.82.